The van der Waals surface area contributed by atoms with Crippen LogP contribution in [0.2, 0.25) is 0 Å². The Morgan fingerprint density at radius 1 is 1.10 bits per heavy atom. The number of nitrogens with one attached hydrogen (secondary N) is 1. The highest BCUT2D eigenvalue weighted by molar-refractivity contribution is 7.85. The van der Waals surface area contributed by atoms with Crippen molar-refractivity contribution in [2.45, 2.75) is 45.1 Å². The van der Waals surface area contributed by atoms with Gasteiger partial charge in [-0.15, -0.1) is 0 Å². The molecule has 2 saturated heterocycles. The number of carbonyl (C=O) groups excluding carboxylic acids is 1. The maximum absolute atomic E-state index is 13.8. The maximum atomic E-state index is 13.8. The summed E-state index contributed by atoms with van der Waals surface area (Å²) in [5.41, 5.74) is 7.09. The Labute approximate surface area is 235 Å². The number of rotatable bonds is 2. The van der Waals surface area contributed by atoms with E-state index in [1.165, 1.54) is 5.69 Å². The smallest absolute Gasteiger partial charge is 0.261 e. The van der Waals surface area contributed by atoms with Crippen LogP contribution in [0.1, 0.15) is 65.0 Å². The molecule has 0 bridgehead atoms. The Kier molecular flexibility index (Phi) is 7.52. The lowest BCUT2D eigenvalue weighted by atomic mass is 9.70. The van der Waals surface area contributed by atoms with E-state index in [1.54, 1.807) is 6.07 Å². The Hall–Kier alpha value is -3.23. The number of ketones is 1. The number of H-pyrrole nitrogens is 1. The number of aryl methyl sites for hydroxylation is 1. The van der Waals surface area contributed by atoms with Crippen molar-refractivity contribution in [2.75, 3.05) is 50.5 Å². The summed E-state index contributed by atoms with van der Waals surface area (Å²) < 4.78 is 31.4. The molecular weight excluding hydrogens is 528 g/mol. The molecule has 2 aromatic carbocycles. The first-order valence-electron chi connectivity index (χ1n) is 13.6. The number of benzene rings is 2. The molecule has 0 spiro atoms. The third-order valence-electron chi connectivity index (χ3n) is 8.40. The van der Waals surface area contributed by atoms with Crippen LogP contribution in [-0.4, -0.2) is 80.3 Å². The highest BCUT2D eigenvalue weighted by Gasteiger charge is 2.40. The number of fused-ring (bicyclic) bond motifs is 4. The molecular formula is C30H36N4O5S. The molecule has 0 amide bonds. The van der Waals surface area contributed by atoms with Crippen LogP contribution in [0.15, 0.2) is 30.3 Å². The quantitative estimate of drug-likeness (QED) is 0.447. The molecule has 0 atom stereocenters. The average molecular weight is 565 g/mol. The van der Waals surface area contributed by atoms with E-state index in [9.17, 15) is 18.5 Å². The van der Waals surface area contributed by atoms with Crippen molar-refractivity contribution in [3.8, 4) is 6.07 Å². The number of carbonyl (C=O) groups is 1. The second-order valence-corrected chi connectivity index (χ2v) is 13.0. The van der Waals surface area contributed by atoms with Gasteiger partial charge in [0.15, 0.2) is 5.78 Å². The molecule has 3 aliphatic rings. The Morgan fingerprint density at radius 2 is 1.75 bits per heavy atom. The van der Waals surface area contributed by atoms with E-state index in [2.05, 4.69) is 53.8 Å². The number of morpholine rings is 1. The average Bonchev–Trinajstić information content (AvgIpc) is 3.31. The van der Waals surface area contributed by atoms with Crippen molar-refractivity contribution in [1.82, 2.24) is 9.88 Å². The number of aromatic amines is 1. The molecule has 0 radical (unpaired) electrons. The van der Waals surface area contributed by atoms with Crippen molar-refractivity contribution >= 4 is 32.5 Å². The molecule has 0 unspecified atom stereocenters. The van der Waals surface area contributed by atoms with E-state index in [0.717, 1.165) is 91.1 Å². The molecule has 2 aliphatic heterocycles. The van der Waals surface area contributed by atoms with Crippen LogP contribution >= 0.6 is 0 Å². The van der Waals surface area contributed by atoms with Crippen molar-refractivity contribution < 1.29 is 22.5 Å². The molecule has 9 nitrogen and oxygen atoms in total. The monoisotopic (exact) mass is 564 g/mol. The number of ether oxygens (including phenoxy) is 1. The minimum Gasteiger partial charge on any atom is -0.379 e. The zero-order valence-electron chi connectivity index (χ0n) is 23.5. The van der Waals surface area contributed by atoms with E-state index in [1.807, 2.05) is 12.1 Å². The minimum absolute atomic E-state index is 0.0750. The third kappa shape index (κ3) is 5.39. The Balaban J connectivity index is 0.000000595. The summed E-state index contributed by atoms with van der Waals surface area (Å²) >= 11 is 0. The second kappa shape index (κ2) is 10.6. The van der Waals surface area contributed by atoms with Crippen LogP contribution < -0.4 is 4.90 Å². The van der Waals surface area contributed by atoms with Gasteiger partial charge in [-0.05, 0) is 55.2 Å². The predicted octanol–water partition coefficient (Wildman–Crippen LogP) is 4.02. The number of anilines is 1. The zero-order chi connectivity index (χ0) is 28.8. The highest BCUT2D eigenvalue weighted by Crippen LogP contribution is 2.45. The van der Waals surface area contributed by atoms with Crippen molar-refractivity contribution in [3.63, 3.8) is 0 Å². The molecule has 2 fully saturated rings. The normalized spacial score (nSPS) is 19.4. The SMILES string of the molecule is CS(=O)(=O)O.Cc1cc2c(cc1N1CCC(N3CCOCC3)CC1)C(C)(C)c1[nH]c3cc(C#N)ccc3c1C2=O. The summed E-state index contributed by atoms with van der Waals surface area (Å²) in [5, 5.41) is 10.2. The molecule has 3 heterocycles. The number of aromatic nitrogens is 1. The van der Waals surface area contributed by atoms with Gasteiger partial charge in [0.05, 0.1) is 36.7 Å². The molecule has 1 aromatic heterocycles. The summed E-state index contributed by atoms with van der Waals surface area (Å²) in [6.45, 7) is 12.4. The summed E-state index contributed by atoms with van der Waals surface area (Å²) in [5.74, 6) is 0.0750. The van der Waals surface area contributed by atoms with E-state index in [-0.39, 0.29) is 11.2 Å². The van der Waals surface area contributed by atoms with Crippen LogP contribution in [0.25, 0.3) is 10.9 Å². The number of nitriles is 1. The first-order chi connectivity index (χ1) is 18.9. The number of nitrogens with zero attached hydrogens (tertiary/aromatic N) is 3. The largest absolute Gasteiger partial charge is 0.379 e. The lowest BCUT2D eigenvalue weighted by Gasteiger charge is -2.42. The van der Waals surface area contributed by atoms with E-state index in [0.29, 0.717) is 17.9 Å². The van der Waals surface area contributed by atoms with Crippen molar-refractivity contribution in [1.29, 1.82) is 5.26 Å². The molecule has 3 aromatic rings. The van der Waals surface area contributed by atoms with Gasteiger partial charge in [-0.3, -0.25) is 14.2 Å². The fourth-order valence-electron chi connectivity index (χ4n) is 6.40. The van der Waals surface area contributed by atoms with Crippen LogP contribution in [0.5, 0.6) is 0 Å². The number of hydrogen-bond acceptors (Lipinski definition) is 7. The molecule has 0 saturated carbocycles. The third-order valence-corrected chi connectivity index (χ3v) is 8.40. The van der Waals surface area contributed by atoms with E-state index < -0.39 is 10.1 Å². The molecule has 1 aliphatic carbocycles. The fourth-order valence-corrected chi connectivity index (χ4v) is 6.40. The Morgan fingerprint density at radius 3 is 2.38 bits per heavy atom. The number of hydrogen-bond donors (Lipinski definition) is 2. The van der Waals surface area contributed by atoms with Crippen LogP contribution in [0.4, 0.5) is 5.69 Å². The summed E-state index contributed by atoms with van der Waals surface area (Å²) in [6.07, 6.45) is 3.03. The van der Waals surface area contributed by atoms with Gasteiger partial charge in [0.2, 0.25) is 0 Å². The first kappa shape index (κ1) is 28.3. The summed E-state index contributed by atoms with van der Waals surface area (Å²) in [4.78, 5) is 22.4. The summed E-state index contributed by atoms with van der Waals surface area (Å²) in [7, 11) is -3.67. The molecule has 2 N–H and O–H groups in total. The number of piperidine rings is 1. The van der Waals surface area contributed by atoms with Gasteiger partial charge >= 0.3 is 0 Å². The topological polar surface area (TPSA) is 127 Å². The van der Waals surface area contributed by atoms with E-state index in [4.69, 9.17) is 9.29 Å². The second-order valence-electron chi connectivity index (χ2n) is 11.5. The van der Waals surface area contributed by atoms with Gasteiger partial charge < -0.3 is 14.6 Å². The maximum Gasteiger partial charge on any atom is 0.261 e. The summed E-state index contributed by atoms with van der Waals surface area (Å²) in [6, 6.07) is 12.8. The van der Waals surface area contributed by atoms with Crippen LogP contribution in [-0.2, 0) is 20.3 Å². The highest BCUT2D eigenvalue weighted by atomic mass is 32.2. The minimum atomic E-state index is -3.67. The zero-order valence-corrected chi connectivity index (χ0v) is 24.3. The molecule has 10 heteroatoms. The van der Waals surface area contributed by atoms with Gasteiger partial charge in [-0.2, -0.15) is 13.7 Å². The predicted molar refractivity (Wildman–Crippen MR) is 155 cm³/mol. The molecule has 6 rings (SSSR count). The van der Waals surface area contributed by atoms with Crippen molar-refractivity contribution in [2.24, 2.45) is 0 Å². The van der Waals surface area contributed by atoms with Gasteiger partial charge in [0, 0.05) is 65.5 Å². The lowest BCUT2D eigenvalue weighted by molar-refractivity contribution is 0.0115. The van der Waals surface area contributed by atoms with Gasteiger partial charge in [-0.25, -0.2) is 0 Å². The molecule has 40 heavy (non-hydrogen) atoms. The Bertz CT molecular complexity index is 1600. The van der Waals surface area contributed by atoms with Gasteiger partial charge in [0.25, 0.3) is 10.1 Å². The standard InChI is InChI=1S/C29H32N4O2.CH4O3S/c1-18-14-22-23(16-25(18)33-8-6-20(7-9-33)32-10-12-35-13-11-32)29(2,3)28-26(27(22)34)21-5-4-19(17-30)15-24(21)31-28;1-5(2,3)4/h4-5,14-16,20,31H,6-13H2,1-3H3;1H3,(H,2,3,4). The van der Waals surface area contributed by atoms with Crippen molar-refractivity contribution in [3.05, 3.63) is 63.8 Å². The van der Waals surface area contributed by atoms with Crippen LogP contribution in [0.3, 0.4) is 0 Å². The first-order valence-corrected chi connectivity index (χ1v) is 15.5. The fraction of sp³-hybridized carbons (Fsp3) is 0.467. The van der Waals surface area contributed by atoms with E-state index >= 15 is 0 Å². The van der Waals surface area contributed by atoms with Crippen LogP contribution in [0, 0.1) is 18.3 Å². The van der Waals surface area contributed by atoms with Gasteiger partial charge in [0.1, 0.15) is 0 Å². The van der Waals surface area contributed by atoms with Gasteiger partial charge in [-0.1, -0.05) is 19.9 Å². The lowest BCUT2D eigenvalue weighted by Crippen LogP contribution is -2.49. The molecule has 212 valence electrons.